The quantitative estimate of drug-likeness (QED) is 0.451. The smallest absolute Gasteiger partial charge is 0.319 e. The van der Waals surface area contributed by atoms with Gasteiger partial charge in [0.15, 0.2) is 0 Å². The molecule has 0 aliphatic heterocycles. The number of hydrogen-bond acceptors (Lipinski definition) is 4. The fourth-order valence-corrected chi connectivity index (χ4v) is 2.08. The summed E-state index contributed by atoms with van der Waals surface area (Å²) >= 11 is 5.96. The Labute approximate surface area is 143 Å². The zero-order valence-corrected chi connectivity index (χ0v) is 13.5. The lowest BCUT2D eigenvalue weighted by atomic mass is 10.3. The Morgan fingerprint density at radius 1 is 1.21 bits per heavy atom. The van der Waals surface area contributed by atoms with Crippen molar-refractivity contribution >= 4 is 29.0 Å². The molecule has 2 N–H and O–H groups in total. The second-order valence-corrected chi connectivity index (χ2v) is 5.23. The highest BCUT2D eigenvalue weighted by atomic mass is 35.5. The van der Waals surface area contributed by atoms with Gasteiger partial charge in [0.2, 0.25) is 0 Å². The van der Waals surface area contributed by atoms with E-state index in [1.54, 1.807) is 18.2 Å². The van der Waals surface area contributed by atoms with Crippen LogP contribution in [0.1, 0.15) is 6.42 Å². The van der Waals surface area contributed by atoms with Crippen molar-refractivity contribution in [2.24, 2.45) is 0 Å². The van der Waals surface area contributed by atoms with Gasteiger partial charge in [-0.3, -0.25) is 10.1 Å². The predicted octanol–water partition coefficient (Wildman–Crippen LogP) is 3.84. The minimum Gasteiger partial charge on any atom is -0.492 e. The minimum absolute atomic E-state index is 0.0825. The van der Waals surface area contributed by atoms with Gasteiger partial charge in [0.1, 0.15) is 5.75 Å². The lowest BCUT2D eigenvalue weighted by Gasteiger charge is -2.09. The fraction of sp³-hybridized carbons (Fsp3) is 0.188. The summed E-state index contributed by atoms with van der Waals surface area (Å²) in [5, 5.41) is 16.4. The van der Waals surface area contributed by atoms with Crippen LogP contribution in [-0.4, -0.2) is 24.1 Å². The topological polar surface area (TPSA) is 93.5 Å². The Morgan fingerprint density at radius 2 is 2.00 bits per heavy atom. The molecule has 126 valence electrons. The van der Waals surface area contributed by atoms with Gasteiger partial charge >= 0.3 is 6.03 Å². The highest BCUT2D eigenvalue weighted by molar-refractivity contribution is 6.32. The van der Waals surface area contributed by atoms with Crippen molar-refractivity contribution in [1.82, 2.24) is 5.32 Å². The third kappa shape index (κ3) is 5.44. The molecule has 2 rings (SSSR count). The minimum atomic E-state index is -0.519. The highest BCUT2D eigenvalue weighted by Crippen LogP contribution is 2.23. The van der Waals surface area contributed by atoms with E-state index in [4.69, 9.17) is 16.3 Å². The number of nitrogens with one attached hydrogen (secondary N) is 2. The maximum Gasteiger partial charge on any atom is 0.319 e. The number of urea groups is 1. The monoisotopic (exact) mass is 349 g/mol. The molecule has 0 fully saturated rings. The SMILES string of the molecule is O=C(NCCCOc1ccccc1Cl)Nc1cccc([N+](=O)[O-])c1. The van der Waals surface area contributed by atoms with Crippen LogP contribution in [0.2, 0.25) is 5.02 Å². The molecule has 0 unspecified atom stereocenters. The van der Waals surface area contributed by atoms with Crippen molar-refractivity contribution in [3.8, 4) is 5.75 Å². The molecule has 2 amide bonds. The number of carbonyl (C=O) groups excluding carboxylic acids is 1. The number of anilines is 1. The molecule has 0 saturated heterocycles. The Morgan fingerprint density at radius 3 is 2.75 bits per heavy atom. The summed E-state index contributed by atoms with van der Waals surface area (Å²) in [6.07, 6.45) is 0.591. The van der Waals surface area contributed by atoms with E-state index in [-0.39, 0.29) is 5.69 Å². The molecular formula is C16H16ClN3O4. The van der Waals surface area contributed by atoms with E-state index in [1.807, 2.05) is 12.1 Å². The van der Waals surface area contributed by atoms with Crippen molar-refractivity contribution < 1.29 is 14.5 Å². The van der Waals surface area contributed by atoms with Gasteiger partial charge in [-0.05, 0) is 24.6 Å². The first-order valence-corrected chi connectivity index (χ1v) is 7.60. The molecule has 0 heterocycles. The zero-order valence-electron chi connectivity index (χ0n) is 12.7. The third-order valence-electron chi connectivity index (χ3n) is 3.02. The van der Waals surface area contributed by atoms with Crippen LogP contribution >= 0.6 is 11.6 Å². The summed E-state index contributed by atoms with van der Waals surface area (Å²) in [5.74, 6) is 0.597. The number of non-ortho nitro benzene ring substituents is 1. The first-order chi connectivity index (χ1) is 11.6. The second kappa shape index (κ2) is 8.73. The molecule has 0 radical (unpaired) electrons. The van der Waals surface area contributed by atoms with E-state index in [9.17, 15) is 14.9 Å². The lowest BCUT2D eigenvalue weighted by Crippen LogP contribution is -2.30. The summed E-state index contributed by atoms with van der Waals surface area (Å²) in [6.45, 7) is 0.798. The second-order valence-electron chi connectivity index (χ2n) is 4.82. The van der Waals surface area contributed by atoms with Crippen LogP contribution in [0.4, 0.5) is 16.2 Å². The van der Waals surface area contributed by atoms with Crippen LogP contribution < -0.4 is 15.4 Å². The van der Waals surface area contributed by atoms with Crippen LogP contribution in [-0.2, 0) is 0 Å². The standard InChI is InChI=1S/C16H16ClN3O4/c17-14-7-1-2-8-15(14)24-10-4-9-18-16(21)19-12-5-3-6-13(11-12)20(22)23/h1-3,5-8,11H,4,9-10H2,(H2,18,19,21). The van der Waals surface area contributed by atoms with E-state index in [0.29, 0.717) is 36.0 Å². The molecule has 0 atom stereocenters. The van der Waals surface area contributed by atoms with E-state index in [2.05, 4.69) is 10.6 Å². The predicted molar refractivity (Wildman–Crippen MR) is 91.7 cm³/mol. The van der Waals surface area contributed by atoms with Gasteiger partial charge in [-0.25, -0.2) is 4.79 Å². The first kappa shape index (κ1) is 17.6. The molecule has 8 heteroatoms. The number of hydrogen-bond donors (Lipinski definition) is 2. The van der Waals surface area contributed by atoms with Gasteiger partial charge < -0.3 is 15.4 Å². The van der Waals surface area contributed by atoms with Crippen LogP contribution in [0, 0.1) is 10.1 Å². The molecule has 0 aliphatic rings. The Balaban J connectivity index is 1.69. The lowest BCUT2D eigenvalue weighted by molar-refractivity contribution is -0.384. The van der Waals surface area contributed by atoms with E-state index in [1.165, 1.54) is 18.2 Å². The number of nitro groups is 1. The number of benzene rings is 2. The normalized spacial score (nSPS) is 10.0. The Kier molecular flexibility index (Phi) is 6.39. The van der Waals surface area contributed by atoms with Gasteiger partial charge in [-0.1, -0.05) is 29.8 Å². The summed E-state index contributed by atoms with van der Waals surface area (Å²) < 4.78 is 5.50. The highest BCUT2D eigenvalue weighted by Gasteiger charge is 2.07. The molecule has 7 nitrogen and oxygen atoms in total. The molecule has 2 aromatic rings. The van der Waals surface area contributed by atoms with Crippen molar-refractivity contribution in [1.29, 1.82) is 0 Å². The maximum atomic E-state index is 11.7. The molecule has 0 aliphatic carbocycles. The number of nitro benzene ring substituents is 1. The van der Waals surface area contributed by atoms with Gasteiger partial charge in [0.25, 0.3) is 5.69 Å². The van der Waals surface area contributed by atoms with Crippen molar-refractivity contribution in [2.45, 2.75) is 6.42 Å². The first-order valence-electron chi connectivity index (χ1n) is 7.23. The van der Waals surface area contributed by atoms with Crippen molar-refractivity contribution in [3.05, 3.63) is 63.7 Å². The number of carbonyl (C=O) groups is 1. The van der Waals surface area contributed by atoms with Crippen LogP contribution in [0.5, 0.6) is 5.75 Å². The number of ether oxygens (including phenoxy) is 1. The van der Waals surface area contributed by atoms with Crippen molar-refractivity contribution in [3.63, 3.8) is 0 Å². The molecule has 0 spiro atoms. The average Bonchev–Trinajstić information content (AvgIpc) is 2.56. The van der Waals surface area contributed by atoms with Gasteiger partial charge in [0.05, 0.1) is 16.6 Å². The molecule has 0 saturated carbocycles. The Bertz CT molecular complexity index is 724. The van der Waals surface area contributed by atoms with Gasteiger partial charge in [-0.2, -0.15) is 0 Å². The zero-order chi connectivity index (χ0) is 17.4. The molecular weight excluding hydrogens is 334 g/mol. The fourth-order valence-electron chi connectivity index (χ4n) is 1.89. The van der Waals surface area contributed by atoms with E-state index in [0.717, 1.165) is 0 Å². The number of halogens is 1. The largest absolute Gasteiger partial charge is 0.492 e. The number of rotatable bonds is 7. The molecule has 2 aromatic carbocycles. The van der Waals surface area contributed by atoms with E-state index >= 15 is 0 Å². The number of amides is 2. The van der Waals surface area contributed by atoms with Crippen LogP contribution in [0.15, 0.2) is 48.5 Å². The average molecular weight is 350 g/mol. The summed E-state index contributed by atoms with van der Waals surface area (Å²) in [5.41, 5.74) is 0.273. The Hall–Kier alpha value is -2.80. The summed E-state index contributed by atoms with van der Waals surface area (Å²) in [4.78, 5) is 21.9. The van der Waals surface area contributed by atoms with Gasteiger partial charge in [-0.15, -0.1) is 0 Å². The van der Waals surface area contributed by atoms with Crippen LogP contribution in [0.25, 0.3) is 0 Å². The molecule has 0 aromatic heterocycles. The van der Waals surface area contributed by atoms with Gasteiger partial charge in [0, 0.05) is 24.4 Å². The third-order valence-corrected chi connectivity index (χ3v) is 3.33. The number of nitrogens with zero attached hydrogens (tertiary/aromatic N) is 1. The maximum absolute atomic E-state index is 11.7. The molecule has 24 heavy (non-hydrogen) atoms. The summed E-state index contributed by atoms with van der Waals surface area (Å²) in [6, 6.07) is 12.4. The number of para-hydroxylation sites is 1. The van der Waals surface area contributed by atoms with Crippen LogP contribution in [0.3, 0.4) is 0 Å². The van der Waals surface area contributed by atoms with Crippen molar-refractivity contribution in [2.75, 3.05) is 18.5 Å². The molecule has 0 bridgehead atoms. The van der Waals surface area contributed by atoms with E-state index < -0.39 is 11.0 Å². The summed E-state index contributed by atoms with van der Waals surface area (Å²) in [7, 11) is 0.